The number of nitrogens with zero attached hydrogens (tertiary/aromatic N) is 2. The summed E-state index contributed by atoms with van der Waals surface area (Å²) in [6.45, 7) is 5.23. The molecule has 9 heteroatoms. The summed E-state index contributed by atoms with van der Waals surface area (Å²) in [7, 11) is 0. The molecule has 1 aromatic carbocycles. The number of rotatable bonds is 1. The molecule has 2 aromatic rings. The summed E-state index contributed by atoms with van der Waals surface area (Å²) in [6, 6.07) is 5.32. The lowest BCUT2D eigenvalue weighted by Crippen LogP contribution is -2.45. The van der Waals surface area contributed by atoms with Gasteiger partial charge in [0.05, 0.1) is 27.9 Å². The van der Waals surface area contributed by atoms with Crippen molar-refractivity contribution in [1.29, 1.82) is 0 Å². The number of benzene rings is 1. The predicted octanol–water partition coefficient (Wildman–Crippen LogP) is 0.698. The van der Waals surface area contributed by atoms with E-state index in [0.29, 0.717) is 0 Å². The molecule has 9 nitrogen and oxygen atoms in total. The minimum absolute atomic E-state index is 0.0879. The molecule has 0 bridgehead atoms. The van der Waals surface area contributed by atoms with E-state index >= 15 is 0 Å². The van der Waals surface area contributed by atoms with E-state index in [0.717, 1.165) is 15.5 Å². The van der Waals surface area contributed by atoms with Crippen molar-refractivity contribution in [2.24, 2.45) is 0 Å². The lowest BCUT2D eigenvalue weighted by atomic mass is 10.1. The minimum atomic E-state index is -0.713. The van der Waals surface area contributed by atoms with Gasteiger partial charge in [0.2, 0.25) is 0 Å². The van der Waals surface area contributed by atoms with Gasteiger partial charge in [0.15, 0.2) is 0 Å². The standard InChI is InChI=1S/C19H16N4O5/c1-19(2,3)23-17(27)9-5-4-8(6-10(9)18(23)28)22-12(24)7-11-13(14(22)20)16(26)21-15(11)25/h4-7H,20H2,1-3H3,(H,21,25,26). The Hall–Kier alpha value is -3.75. The first-order valence-electron chi connectivity index (χ1n) is 8.47. The summed E-state index contributed by atoms with van der Waals surface area (Å²) in [5.74, 6) is -2.49. The molecular formula is C19H16N4O5. The number of nitrogen functional groups attached to an aromatic ring is 1. The normalized spacial score (nSPS) is 15.8. The lowest BCUT2D eigenvalue weighted by molar-refractivity contribution is 0.0507. The molecule has 0 radical (unpaired) electrons. The fourth-order valence-electron chi connectivity index (χ4n) is 3.52. The van der Waals surface area contributed by atoms with Crippen LogP contribution >= 0.6 is 0 Å². The van der Waals surface area contributed by atoms with Crippen LogP contribution in [0.3, 0.4) is 0 Å². The van der Waals surface area contributed by atoms with E-state index in [1.54, 1.807) is 20.8 Å². The molecule has 4 amide bonds. The fourth-order valence-corrected chi connectivity index (χ4v) is 3.52. The third-order valence-corrected chi connectivity index (χ3v) is 4.75. The lowest BCUT2D eigenvalue weighted by Gasteiger charge is -2.29. The van der Waals surface area contributed by atoms with E-state index in [1.165, 1.54) is 18.2 Å². The molecule has 3 N–H and O–H groups in total. The highest BCUT2D eigenvalue weighted by molar-refractivity contribution is 6.24. The zero-order valence-electron chi connectivity index (χ0n) is 15.3. The molecular weight excluding hydrogens is 364 g/mol. The second-order valence-electron chi connectivity index (χ2n) is 7.62. The third-order valence-electron chi connectivity index (χ3n) is 4.75. The maximum atomic E-state index is 12.8. The highest BCUT2D eigenvalue weighted by atomic mass is 16.2. The zero-order chi connectivity index (χ0) is 20.5. The van der Waals surface area contributed by atoms with Crippen molar-refractivity contribution in [2.45, 2.75) is 26.3 Å². The van der Waals surface area contributed by atoms with E-state index in [1.807, 2.05) is 0 Å². The highest BCUT2D eigenvalue weighted by Crippen LogP contribution is 2.31. The highest BCUT2D eigenvalue weighted by Gasteiger charge is 2.42. The first-order valence-corrected chi connectivity index (χ1v) is 8.47. The predicted molar refractivity (Wildman–Crippen MR) is 98.5 cm³/mol. The number of imide groups is 2. The average molecular weight is 380 g/mol. The number of pyridine rings is 1. The van der Waals surface area contributed by atoms with Crippen molar-refractivity contribution in [3.63, 3.8) is 0 Å². The Kier molecular flexibility index (Phi) is 3.39. The number of nitrogens with one attached hydrogen (secondary N) is 1. The molecule has 2 aliphatic rings. The van der Waals surface area contributed by atoms with Gasteiger partial charge in [-0.15, -0.1) is 0 Å². The molecule has 28 heavy (non-hydrogen) atoms. The third kappa shape index (κ3) is 2.22. The summed E-state index contributed by atoms with van der Waals surface area (Å²) in [6.07, 6.45) is 0. The smallest absolute Gasteiger partial charge is 0.262 e. The van der Waals surface area contributed by atoms with Gasteiger partial charge < -0.3 is 5.73 Å². The van der Waals surface area contributed by atoms with Gasteiger partial charge in [-0.05, 0) is 39.0 Å². The largest absolute Gasteiger partial charge is 0.384 e. The van der Waals surface area contributed by atoms with Gasteiger partial charge in [0, 0.05) is 11.6 Å². The van der Waals surface area contributed by atoms with Gasteiger partial charge in [0.1, 0.15) is 5.82 Å². The number of nitrogens with two attached hydrogens (primary N) is 1. The second kappa shape index (κ2) is 5.38. The first-order chi connectivity index (χ1) is 13.0. The number of amides is 4. The molecule has 1 aromatic heterocycles. The topological polar surface area (TPSA) is 132 Å². The maximum absolute atomic E-state index is 12.8. The van der Waals surface area contributed by atoms with Crippen molar-refractivity contribution < 1.29 is 19.2 Å². The summed E-state index contributed by atoms with van der Waals surface area (Å²) >= 11 is 0. The molecule has 3 heterocycles. The van der Waals surface area contributed by atoms with E-state index in [4.69, 9.17) is 5.73 Å². The first kappa shape index (κ1) is 17.7. The van der Waals surface area contributed by atoms with Crippen LogP contribution in [0, 0.1) is 0 Å². The number of fused-ring (bicyclic) bond motifs is 2. The number of carbonyl (C=O) groups is 4. The van der Waals surface area contributed by atoms with E-state index < -0.39 is 34.7 Å². The van der Waals surface area contributed by atoms with Crippen LogP contribution < -0.4 is 16.6 Å². The van der Waals surface area contributed by atoms with Crippen molar-refractivity contribution >= 4 is 29.4 Å². The maximum Gasteiger partial charge on any atom is 0.262 e. The fraction of sp³-hybridized carbons (Fsp3) is 0.211. The van der Waals surface area contributed by atoms with Gasteiger partial charge in [-0.3, -0.25) is 38.8 Å². The van der Waals surface area contributed by atoms with Crippen LogP contribution in [0.25, 0.3) is 5.69 Å². The van der Waals surface area contributed by atoms with Crippen molar-refractivity contribution in [3.05, 3.63) is 56.9 Å². The Morgan fingerprint density at radius 1 is 0.857 bits per heavy atom. The number of anilines is 1. The Morgan fingerprint density at radius 2 is 1.50 bits per heavy atom. The van der Waals surface area contributed by atoms with Crippen LogP contribution in [0.1, 0.15) is 62.2 Å². The molecule has 2 aliphatic heterocycles. The van der Waals surface area contributed by atoms with Gasteiger partial charge in [0.25, 0.3) is 29.2 Å². The van der Waals surface area contributed by atoms with Crippen LogP contribution in [0.15, 0.2) is 29.1 Å². The Labute approximate surface area is 158 Å². The van der Waals surface area contributed by atoms with Gasteiger partial charge in [-0.25, -0.2) is 0 Å². The monoisotopic (exact) mass is 380 g/mol. The molecule has 0 unspecified atom stereocenters. The number of aromatic nitrogens is 1. The summed E-state index contributed by atoms with van der Waals surface area (Å²) in [5, 5.41) is 2.09. The average Bonchev–Trinajstić information content (AvgIpc) is 3.01. The van der Waals surface area contributed by atoms with Crippen LogP contribution in [0.2, 0.25) is 0 Å². The van der Waals surface area contributed by atoms with Crippen LogP contribution in [-0.4, -0.2) is 38.6 Å². The van der Waals surface area contributed by atoms with Crippen molar-refractivity contribution in [3.8, 4) is 5.69 Å². The molecule has 142 valence electrons. The van der Waals surface area contributed by atoms with Gasteiger partial charge >= 0.3 is 0 Å². The molecule has 0 saturated heterocycles. The van der Waals surface area contributed by atoms with E-state index in [2.05, 4.69) is 5.32 Å². The number of carbonyl (C=O) groups excluding carboxylic acids is 4. The Morgan fingerprint density at radius 3 is 2.14 bits per heavy atom. The zero-order valence-corrected chi connectivity index (χ0v) is 15.3. The summed E-state index contributed by atoms with van der Waals surface area (Å²) in [5.41, 5.74) is 5.07. The van der Waals surface area contributed by atoms with E-state index in [-0.39, 0.29) is 33.8 Å². The molecule has 0 atom stereocenters. The van der Waals surface area contributed by atoms with Crippen LogP contribution in [0.5, 0.6) is 0 Å². The van der Waals surface area contributed by atoms with Gasteiger partial charge in [-0.1, -0.05) is 0 Å². The molecule has 0 spiro atoms. The number of hydrogen-bond acceptors (Lipinski definition) is 6. The quantitative estimate of drug-likeness (QED) is 0.700. The van der Waals surface area contributed by atoms with Crippen LogP contribution in [0.4, 0.5) is 5.82 Å². The SMILES string of the molecule is CC(C)(C)N1C(=O)c2ccc(-n3c(N)c4c(cc3=O)C(=O)NC4=O)cc2C1=O. The number of hydrogen-bond donors (Lipinski definition) is 2. The second-order valence-corrected chi connectivity index (χ2v) is 7.62. The summed E-state index contributed by atoms with van der Waals surface area (Å²) in [4.78, 5) is 62.8. The molecule has 0 aliphatic carbocycles. The Bertz CT molecular complexity index is 1190. The van der Waals surface area contributed by atoms with Crippen molar-refractivity contribution in [1.82, 2.24) is 14.8 Å². The van der Waals surface area contributed by atoms with Crippen LogP contribution in [-0.2, 0) is 0 Å². The molecule has 0 saturated carbocycles. The minimum Gasteiger partial charge on any atom is -0.384 e. The van der Waals surface area contributed by atoms with Gasteiger partial charge in [-0.2, -0.15) is 0 Å². The molecule has 0 fully saturated rings. The van der Waals surface area contributed by atoms with Crippen molar-refractivity contribution in [2.75, 3.05) is 5.73 Å². The Balaban J connectivity index is 1.91. The van der Waals surface area contributed by atoms with E-state index in [9.17, 15) is 24.0 Å². The summed E-state index contributed by atoms with van der Waals surface area (Å²) < 4.78 is 1.04. The molecule has 4 rings (SSSR count).